The van der Waals surface area contributed by atoms with E-state index in [2.05, 4.69) is 20.8 Å². The average Bonchev–Trinajstić information content (AvgIpc) is 1.59. The van der Waals surface area contributed by atoms with E-state index in [1.165, 1.54) is 12.8 Å². The number of rotatable bonds is 1. The van der Waals surface area contributed by atoms with E-state index >= 15 is 0 Å². The van der Waals surface area contributed by atoms with Gasteiger partial charge in [-0.15, -0.1) is 11.6 Å². The highest BCUT2D eigenvalue weighted by Crippen LogP contribution is 2.46. The molecule has 0 nitrogen and oxygen atoms in total. The predicted octanol–water partition coefficient (Wildman–Crippen LogP) is 3.05. The fraction of sp³-hybridized carbons (Fsp3) is 1.00. The van der Waals surface area contributed by atoms with Crippen LogP contribution in [0.25, 0.3) is 0 Å². The third-order valence-corrected chi connectivity index (χ3v) is 2.63. The van der Waals surface area contributed by atoms with Crippen molar-refractivity contribution in [1.29, 1.82) is 0 Å². The van der Waals surface area contributed by atoms with E-state index < -0.39 is 0 Å². The highest BCUT2D eigenvalue weighted by Gasteiger charge is 2.39. The minimum Gasteiger partial charge on any atom is -0.120 e. The molecule has 0 unspecified atom stereocenters. The number of alkyl halides is 1. The van der Waals surface area contributed by atoms with Crippen molar-refractivity contribution in [1.82, 2.24) is 0 Å². The Morgan fingerprint density at radius 2 is 1.89 bits per heavy atom. The van der Waals surface area contributed by atoms with Crippen LogP contribution >= 0.6 is 11.6 Å². The van der Waals surface area contributed by atoms with Crippen molar-refractivity contribution in [2.45, 2.75) is 38.5 Å². The van der Waals surface area contributed by atoms with Crippen LogP contribution in [0.2, 0.25) is 0 Å². The first-order valence-corrected chi connectivity index (χ1v) is 4.08. The lowest BCUT2D eigenvalue weighted by atomic mass is 9.70. The van der Waals surface area contributed by atoms with Crippen molar-refractivity contribution in [3.05, 3.63) is 0 Å². The summed E-state index contributed by atoms with van der Waals surface area (Å²) >= 11 is 6.04. The zero-order valence-corrected chi connectivity index (χ0v) is 7.20. The molecular formula is C8H15Cl. The standard InChI is InChI=1S/C8H15Cl/c1-6(2)7-4-8(3,9)5-7/h6-7H,4-5H2,1-3H3. The number of hydrogen-bond acceptors (Lipinski definition) is 0. The van der Waals surface area contributed by atoms with Crippen LogP contribution < -0.4 is 0 Å². The molecule has 1 aliphatic rings. The molecular weight excluding hydrogens is 132 g/mol. The van der Waals surface area contributed by atoms with Gasteiger partial charge in [0, 0.05) is 4.87 Å². The SMILES string of the molecule is CC(C)C1CC(C)(Cl)C1. The zero-order valence-electron chi connectivity index (χ0n) is 6.45. The van der Waals surface area contributed by atoms with Crippen molar-refractivity contribution in [2.24, 2.45) is 11.8 Å². The van der Waals surface area contributed by atoms with E-state index in [4.69, 9.17) is 11.6 Å². The van der Waals surface area contributed by atoms with E-state index in [-0.39, 0.29) is 4.87 Å². The Labute approximate surface area is 62.6 Å². The molecule has 0 saturated heterocycles. The first-order chi connectivity index (χ1) is 4.01. The Morgan fingerprint density at radius 1 is 1.44 bits per heavy atom. The van der Waals surface area contributed by atoms with Gasteiger partial charge in [-0.25, -0.2) is 0 Å². The molecule has 0 spiro atoms. The largest absolute Gasteiger partial charge is 0.120 e. The van der Waals surface area contributed by atoms with Gasteiger partial charge in [0.1, 0.15) is 0 Å². The molecule has 1 rings (SSSR count). The molecule has 0 atom stereocenters. The molecule has 0 N–H and O–H groups in total. The molecule has 0 aromatic carbocycles. The van der Waals surface area contributed by atoms with E-state index in [0.29, 0.717) is 0 Å². The molecule has 0 radical (unpaired) electrons. The van der Waals surface area contributed by atoms with Crippen molar-refractivity contribution in [3.63, 3.8) is 0 Å². The van der Waals surface area contributed by atoms with Gasteiger partial charge in [-0.1, -0.05) is 13.8 Å². The maximum Gasteiger partial charge on any atom is 0.0424 e. The smallest absolute Gasteiger partial charge is 0.0424 e. The van der Waals surface area contributed by atoms with Crippen LogP contribution in [-0.4, -0.2) is 4.87 Å². The van der Waals surface area contributed by atoms with Gasteiger partial charge in [0.2, 0.25) is 0 Å². The van der Waals surface area contributed by atoms with Gasteiger partial charge in [0.15, 0.2) is 0 Å². The topological polar surface area (TPSA) is 0 Å². The Kier molecular flexibility index (Phi) is 1.77. The monoisotopic (exact) mass is 146 g/mol. The summed E-state index contributed by atoms with van der Waals surface area (Å²) in [5.41, 5.74) is 0. The fourth-order valence-electron chi connectivity index (χ4n) is 1.50. The number of hydrogen-bond donors (Lipinski definition) is 0. The lowest BCUT2D eigenvalue weighted by molar-refractivity contribution is 0.178. The average molecular weight is 147 g/mol. The molecule has 0 amide bonds. The molecule has 0 heterocycles. The molecule has 1 fully saturated rings. The highest BCUT2D eigenvalue weighted by atomic mass is 35.5. The fourth-order valence-corrected chi connectivity index (χ4v) is 1.90. The van der Waals surface area contributed by atoms with E-state index in [1.807, 2.05) is 0 Å². The summed E-state index contributed by atoms with van der Waals surface area (Å²) in [7, 11) is 0. The van der Waals surface area contributed by atoms with E-state index in [9.17, 15) is 0 Å². The van der Waals surface area contributed by atoms with Crippen LogP contribution in [-0.2, 0) is 0 Å². The first kappa shape index (κ1) is 7.40. The van der Waals surface area contributed by atoms with Crippen LogP contribution in [0.3, 0.4) is 0 Å². The van der Waals surface area contributed by atoms with Crippen molar-refractivity contribution in [3.8, 4) is 0 Å². The molecule has 0 aromatic heterocycles. The molecule has 0 bridgehead atoms. The molecule has 0 aromatic rings. The third-order valence-electron chi connectivity index (χ3n) is 2.32. The Morgan fingerprint density at radius 3 is 2.00 bits per heavy atom. The maximum absolute atomic E-state index is 6.04. The minimum atomic E-state index is 0.148. The zero-order chi connectivity index (χ0) is 7.07. The van der Waals surface area contributed by atoms with Gasteiger partial charge >= 0.3 is 0 Å². The maximum atomic E-state index is 6.04. The molecule has 1 saturated carbocycles. The molecule has 0 aliphatic heterocycles. The lowest BCUT2D eigenvalue weighted by Crippen LogP contribution is -2.38. The van der Waals surface area contributed by atoms with E-state index in [0.717, 1.165) is 11.8 Å². The second kappa shape index (κ2) is 2.16. The first-order valence-electron chi connectivity index (χ1n) is 3.70. The van der Waals surface area contributed by atoms with Gasteiger partial charge in [-0.2, -0.15) is 0 Å². The van der Waals surface area contributed by atoms with Crippen LogP contribution in [0.5, 0.6) is 0 Å². The second-order valence-corrected chi connectivity index (χ2v) is 4.74. The van der Waals surface area contributed by atoms with Crippen molar-refractivity contribution < 1.29 is 0 Å². The van der Waals surface area contributed by atoms with Gasteiger partial charge in [-0.05, 0) is 31.6 Å². The summed E-state index contributed by atoms with van der Waals surface area (Å²) in [4.78, 5) is 0.148. The quantitative estimate of drug-likeness (QED) is 0.499. The molecule has 1 aliphatic carbocycles. The summed E-state index contributed by atoms with van der Waals surface area (Å²) in [6.07, 6.45) is 2.43. The van der Waals surface area contributed by atoms with Crippen molar-refractivity contribution in [2.75, 3.05) is 0 Å². The summed E-state index contributed by atoms with van der Waals surface area (Å²) in [5, 5.41) is 0. The second-order valence-electron chi connectivity index (χ2n) is 3.83. The normalized spacial score (nSPS) is 43.0. The van der Waals surface area contributed by atoms with E-state index in [1.54, 1.807) is 0 Å². The highest BCUT2D eigenvalue weighted by molar-refractivity contribution is 6.24. The number of halogens is 1. The summed E-state index contributed by atoms with van der Waals surface area (Å²) in [6, 6.07) is 0. The molecule has 9 heavy (non-hydrogen) atoms. The Bertz CT molecular complexity index is 97.1. The van der Waals surface area contributed by atoms with Gasteiger partial charge in [0.05, 0.1) is 0 Å². The van der Waals surface area contributed by atoms with Gasteiger partial charge in [0.25, 0.3) is 0 Å². The minimum absolute atomic E-state index is 0.148. The summed E-state index contributed by atoms with van der Waals surface area (Å²) < 4.78 is 0. The Hall–Kier alpha value is 0.290. The summed E-state index contributed by atoms with van der Waals surface area (Å²) in [5.74, 6) is 1.73. The predicted molar refractivity (Wildman–Crippen MR) is 41.8 cm³/mol. The molecule has 54 valence electrons. The molecule has 1 heteroatoms. The van der Waals surface area contributed by atoms with Crippen molar-refractivity contribution >= 4 is 11.6 Å². The van der Waals surface area contributed by atoms with Gasteiger partial charge in [-0.3, -0.25) is 0 Å². The van der Waals surface area contributed by atoms with Crippen LogP contribution in [0.1, 0.15) is 33.6 Å². The summed E-state index contributed by atoms with van der Waals surface area (Å²) in [6.45, 7) is 6.68. The van der Waals surface area contributed by atoms with Crippen LogP contribution in [0, 0.1) is 11.8 Å². The Balaban J connectivity index is 2.27. The third kappa shape index (κ3) is 1.61. The van der Waals surface area contributed by atoms with Crippen LogP contribution in [0.15, 0.2) is 0 Å². The van der Waals surface area contributed by atoms with Gasteiger partial charge < -0.3 is 0 Å². The van der Waals surface area contributed by atoms with Crippen LogP contribution in [0.4, 0.5) is 0 Å². The lowest BCUT2D eigenvalue weighted by Gasteiger charge is -2.42.